The lowest BCUT2D eigenvalue weighted by molar-refractivity contribution is 0.358. The second-order valence-electron chi connectivity index (χ2n) is 6.05. The van der Waals surface area contributed by atoms with Crippen molar-refractivity contribution >= 4 is 38.1 Å². The Bertz CT molecular complexity index is 797. The highest BCUT2D eigenvalue weighted by atomic mass is 35.5. The number of rotatable bonds is 8. The van der Waals surface area contributed by atoms with Gasteiger partial charge in [-0.25, -0.2) is 25.9 Å². The Hall–Kier alpha value is -0.940. The van der Waals surface area contributed by atoms with Gasteiger partial charge in [0.05, 0.1) is 16.3 Å². The first kappa shape index (κ1) is 23.1. The number of sulfonamides is 2. The van der Waals surface area contributed by atoms with E-state index in [1.165, 1.54) is 13.0 Å². The fourth-order valence-corrected chi connectivity index (χ4v) is 4.34. The quantitative estimate of drug-likeness (QED) is 0.583. The summed E-state index contributed by atoms with van der Waals surface area (Å²) in [5.41, 5.74) is -0.269. The lowest BCUT2D eigenvalue weighted by Crippen LogP contribution is -2.33. The van der Waals surface area contributed by atoms with Crippen LogP contribution in [0.3, 0.4) is 0 Å². The zero-order valence-electron chi connectivity index (χ0n) is 14.5. The molecule has 150 valence electrons. The Balaban J connectivity index is 0.00000338. The van der Waals surface area contributed by atoms with Gasteiger partial charge in [0, 0.05) is 6.54 Å². The molecule has 0 bridgehead atoms. The molecule has 0 amide bonds. The van der Waals surface area contributed by atoms with Crippen LogP contribution in [-0.4, -0.2) is 42.2 Å². The van der Waals surface area contributed by atoms with Crippen LogP contribution in [0, 0.1) is 11.7 Å². The van der Waals surface area contributed by atoms with Gasteiger partial charge >= 0.3 is 0 Å². The van der Waals surface area contributed by atoms with Crippen molar-refractivity contribution in [2.75, 3.05) is 30.1 Å². The third-order valence-corrected chi connectivity index (χ3v) is 6.89. The van der Waals surface area contributed by atoms with Gasteiger partial charge in [-0.2, -0.15) is 0 Å². The van der Waals surface area contributed by atoms with Crippen molar-refractivity contribution in [2.45, 2.75) is 31.1 Å². The van der Waals surface area contributed by atoms with Gasteiger partial charge in [0.1, 0.15) is 5.82 Å². The molecule has 0 aromatic heterocycles. The van der Waals surface area contributed by atoms with Crippen molar-refractivity contribution in [1.82, 2.24) is 10.0 Å². The molecule has 26 heavy (non-hydrogen) atoms. The van der Waals surface area contributed by atoms with Crippen LogP contribution in [-0.2, 0) is 20.0 Å². The molecule has 1 aliphatic rings. The predicted octanol–water partition coefficient (Wildman–Crippen LogP) is 1.68. The molecule has 0 aliphatic carbocycles. The minimum Gasteiger partial charge on any atom is -0.316 e. The number of anilines is 1. The van der Waals surface area contributed by atoms with Crippen molar-refractivity contribution in [3.8, 4) is 0 Å². The van der Waals surface area contributed by atoms with Crippen LogP contribution in [0.25, 0.3) is 0 Å². The van der Waals surface area contributed by atoms with E-state index in [0.29, 0.717) is 12.3 Å². The summed E-state index contributed by atoms with van der Waals surface area (Å²) in [6, 6.07) is 3.11. The van der Waals surface area contributed by atoms with Gasteiger partial charge in [0.2, 0.25) is 20.0 Å². The van der Waals surface area contributed by atoms with Crippen LogP contribution in [0.1, 0.15) is 26.2 Å². The summed E-state index contributed by atoms with van der Waals surface area (Å²) in [6.07, 6.45) is 2.86. The van der Waals surface area contributed by atoms with Crippen molar-refractivity contribution in [3.63, 3.8) is 0 Å². The lowest BCUT2D eigenvalue weighted by atomic mass is 9.96. The predicted molar refractivity (Wildman–Crippen MR) is 102 cm³/mol. The van der Waals surface area contributed by atoms with E-state index in [0.717, 1.165) is 38.1 Å². The first-order valence-electron chi connectivity index (χ1n) is 8.24. The molecule has 1 fully saturated rings. The summed E-state index contributed by atoms with van der Waals surface area (Å²) in [5.74, 6) is -0.709. The van der Waals surface area contributed by atoms with Crippen molar-refractivity contribution in [3.05, 3.63) is 24.0 Å². The van der Waals surface area contributed by atoms with Crippen LogP contribution < -0.4 is 14.8 Å². The molecule has 0 radical (unpaired) electrons. The third-order valence-electron chi connectivity index (χ3n) is 4.14. The SMILES string of the molecule is CCS(=O)(=O)Nc1ccc(S(=O)(=O)NCCC2CCCNC2)cc1F.Cl. The van der Waals surface area contributed by atoms with E-state index in [4.69, 9.17) is 0 Å². The fourth-order valence-electron chi connectivity index (χ4n) is 2.64. The van der Waals surface area contributed by atoms with Crippen LogP contribution in [0.4, 0.5) is 10.1 Å². The summed E-state index contributed by atoms with van der Waals surface area (Å²) in [7, 11) is -7.47. The van der Waals surface area contributed by atoms with E-state index in [-0.39, 0.29) is 35.3 Å². The standard InChI is InChI=1S/C15H24FN3O4S2.ClH/c1-2-24(20,21)19-15-6-5-13(10-14(15)16)25(22,23)18-9-7-12-4-3-8-17-11-12;/h5-6,10,12,17-19H,2-4,7-9,11H2,1H3;1H. The highest BCUT2D eigenvalue weighted by Crippen LogP contribution is 2.20. The molecule has 1 aliphatic heterocycles. The second kappa shape index (κ2) is 9.84. The number of piperidine rings is 1. The number of nitrogens with one attached hydrogen (secondary N) is 3. The van der Waals surface area contributed by atoms with Crippen LogP contribution >= 0.6 is 12.4 Å². The zero-order chi connectivity index (χ0) is 18.5. The van der Waals surface area contributed by atoms with E-state index >= 15 is 0 Å². The largest absolute Gasteiger partial charge is 0.316 e. The van der Waals surface area contributed by atoms with Crippen LogP contribution in [0.15, 0.2) is 23.1 Å². The maximum Gasteiger partial charge on any atom is 0.240 e. The van der Waals surface area contributed by atoms with Crippen LogP contribution in [0.5, 0.6) is 0 Å². The van der Waals surface area contributed by atoms with E-state index < -0.39 is 25.9 Å². The minimum atomic E-state index is -3.84. The molecule has 1 aromatic carbocycles. The van der Waals surface area contributed by atoms with E-state index in [1.807, 2.05) is 0 Å². The first-order valence-corrected chi connectivity index (χ1v) is 11.4. The average molecular weight is 430 g/mol. The Morgan fingerprint density at radius 2 is 2.00 bits per heavy atom. The lowest BCUT2D eigenvalue weighted by Gasteiger charge is -2.22. The van der Waals surface area contributed by atoms with Gasteiger partial charge in [0.25, 0.3) is 0 Å². The van der Waals surface area contributed by atoms with Gasteiger partial charge in [-0.1, -0.05) is 0 Å². The Labute approximate surface area is 160 Å². The van der Waals surface area contributed by atoms with Crippen LogP contribution in [0.2, 0.25) is 0 Å². The molecule has 1 saturated heterocycles. The van der Waals surface area contributed by atoms with E-state index in [9.17, 15) is 21.2 Å². The molecule has 2 rings (SSSR count). The highest BCUT2D eigenvalue weighted by Gasteiger charge is 2.19. The smallest absolute Gasteiger partial charge is 0.240 e. The minimum absolute atomic E-state index is 0. The maximum atomic E-state index is 14.0. The number of halogens is 2. The Morgan fingerprint density at radius 3 is 2.58 bits per heavy atom. The van der Waals surface area contributed by atoms with Crippen molar-refractivity contribution in [1.29, 1.82) is 0 Å². The van der Waals surface area contributed by atoms with E-state index in [1.54, 1.807) is 0 Å². The average Bonchev–Trinajstić information content (AvgIpc) is 2.57. The molecule has 1 aromatic rings. The fraction of sp³-hybridized carbons (Fsp3) is 0.600. The third kappa shape index (κ3) is 6.66. The van der Waals surface area contributed by atoms with Crippen molar-refractivity contribution < 1.29 is 21.2 Å². The molecule has 11 heteroatoms. The molecule has 0 saturated carbocycles. The van der Waals surface area contributed by atoms with Crippen molar-refractivity contribution in [2.24, 2.45) is 5.92 Å². The van der Waals surface area contributed by atoms with Gasteiger partial charge in [-0.15, -0.1) is 12.4 Å². The second-order valence-corrected chi connectivity index (χ2v) is 9.82. The topological polar surface area (TPSA) is 104 Å². The van der Waals surface area contributed by atoms with Gasteiger partial charge in [0.15, 0.2) is 0 Å². The summed E-state index contributed by atoms with van der Waals surface area (Å²) in [5, 5.41) is 3.27. The highest BCUT2D eigenvalue weighted by molar-refractivity contribution is 7.92. The van der Waals surface area contributed by atoms with Gasteiger partial charge in [-0.05, 0) is 63.4 Å². The molecule has 1 atom stereocenters. The summed E-state index contributed by atoms with van der Waals surface area (Å²) < 4.78 is 66.0. The normalized spacial score (nSPS) is 18.2. The number of hydrogen-bond acceptors (Lipinski definition) is 5. The molecule has 1 heterocycles. The van der Waals surface area contributed by atoms with Gasteiger partial charge < -0.3 is 5.32 Å². The van der Waals surface area contributed by atoms with E-state index in [2.05, 4.69) is 14.8 Å². The monoisotopic (exact) mass is 429 g/mol. The first-order chi connectivity index (χ1) is 11.7. The summed E-state index contributed by atoms with van der Waals surface area (Å²) in [6.45, 7) is 3.57. The molecule has 7 nitrogen and oxygen atoms in total. The molecule has 0 spiro atoms. The Morgan fingerprint density at radius 1 is 1.27 bits per heavy atom. The summed E-state index contributed by atoms with van der Waals surface area (Å²) >= 11 is 0. The van der Waals surface area contributed by atoms with Gasteiger partial charge in [-0.3, -0.25) is 4.72 Å². The number of hydrogen-bond donors (Lipinski definition) is 3. The molecular weight excluding hydrogens is 405 g/mol. The number of benzene rings is 1. The molecular formula is C15H25ClFN3O4S2. The summed E-state index contributed by atoms with van der Waals surface area (Å²) in [4.78, 5) is -0.230. The molecule has 1 unspecified atom stereocenters. The zero-order valence-corrected chi connectivity index (χ0v) is 16.9. The Kier molecular flexibility index (Phi) is 8.74. The molecule has 3 N–H and O–H groups in total. The maximum absolute atomic E-state index is 14.0.